The Bertz CT molecular complexity index is 749. The van der Waals surface area contributed by atoms with Gasteiger partial charge in [0.1, 0.15) is 16.7 Å². The van der Waals surface area contributed by atoms with Gasteiger partial charge in [0, 0.05) is 5.56 Å². The van der Waals surface area contributed by atoms with E-state index in [1.807, 2.05) is 6.26 Å². The number of benzene rings is 1. The van der Waals surface area contributed by atoms with Crippen LogP contribution in [0.3, 0.4) is 0 Å². The first-order valence-electron chi connectivity index (χ1n) is 6.51. The Hall–Kier alpha value is -2.66. The van der Waals surface area contributed by atoms with Crippen molar-refractivity contribution in [2.45, 2.75) is 5.03 Å². The molecule has 1 aromatic carbocycles. The third-order valence-corrected chi connectivity index (χ3v) is 3.82. The topological polar surface area (TPSA) is 103 Å². The van der Waals surface area contributed by atoms with Gasteiger partial charge in [-0.15, -0.1) is 11.8 Å². The minimum Gasteiger partial charge on any atom is -0.493 e. The number of nitrogens with zero attached hydrogens (tertiary/aromatic N) is 3. The zero-order valence-corrected chi connectivity index (χ0v) is 14.0. The molecule has 2 aromatic rings. The van der Waals surface area contributed by atoms with Crippen LogP contribution in [0.5, 0.6) is 17.2 Å². The molecule has 7 nitrogen and oxygen atoms in total. The van der Waals surface area contributed by atoms with E-state index in [1.54, 1.807) is 12.1 Å². The molecule has 120 valence electrons. The van der Waals surface area contributed by atoms with Crippen molar-refractivity contribution in [3.63, 3.8) is 0 Å². The first-order chi connectivity index (χ1) is 11.1. The minimum atomic E-state index is 0.0945. The Labute approximate surface area is 138 Å². The SMILES string of the molecule is COc1cc(-c2nc(N)nc(SC)c2C#N)cc(OC)c1OC. The van der Waals surface area contributed by atoms with Gasteiger partial charge >= 0.3 is 0 Å². The molecule has 0 saturated heterocycles. The first kappa shape index (κ1) is 16.7. The molecule has 2 N–H and O–H groups in total. The normalized spacial score (nSPS) is 10.0. The van der Waals surface area contributed by atoms with Crippen molar-refractivity contribution in [2.24, 2.45) is 0 Å². The number of methoxy groups -OCH3 is 3. The highest BCUT2D eigenvalue weighted by atomic mass is 32.2. The predicted octanol–water partition coefficient (Wildman–Crippen LogP) is 2.35. The maximum absolute atomic E-state index is 9.47. The number of nitriles is 1. The summed E-state index contributed by atoms with van der Waals surface area (Å²) >= 11 is 1.33. The van der Waals surface area contributed by atoms with E-state index < -0.39 is 0 Å². The molecule has 0 aliphatic heterocycles. The van der Waals surface area contributed by atoms with E-state index in [4.69, 9.17) is 19.9 Å². The summed E-state index contributed by atoms with van der Waals surface area (Å²) in [5.41, 5.74) is 7.15. The molecule has 23 heavy (non-hydrogen) atoms. The standard InChI is InChI=1S/C15H16N4O3S/c1-20-10-5-8(6-11(21-2)13(10)22-3)12-9(7-16)14(23-4)19-15(17)18-12/h5-6H,1-4H3,(H2,17,18,19). The van der Waals surface area contributed by atoms with Crippen LogP contribution in [0.2, 0.25) is 0 Å². The summed E-state index contributed by atoms with van der Waals surface area (Å²) in [6.45, 7) is 0. The number of nitrogen functional groups attached to an aromatic ring is 1. The molecule has 0 aliphatic carbocycles. The highest BCUT2D eigenvalue weighted by molar-refractivity contribution is 7.98. The highest BCUT2D eigenvalue weighted by Crippen LogP contribution is 2.42. The largest absolute Gasteiger partial charge is 0.493 e. The van der Waals surface area contributed by atoms with Crippen molar-refractivity contribution in [3.05, 3.63) is 17.7 Å². The smallest absolute Gasteiger partial charge is 0.221 e. The molecule has 8 heteroatoms. The Kier molecular flexibility index (Phi) is 5.13. The summed E-state index contributed by atoms with van der Waals surface area (Å²) in [6, 6.07) is 5.56. The maximum atomic E-state index is 9.47. The van der Waals surface area contributed by atoms with E-state index in [0.29, 0.717) is 39.1 Å². The lowest BCUT2D eigenvalue weighted by Crippen LogP contribution is -2.03. The number of hydrogen-bond donors (Lipinski definition) is 1. The number of ether oxygens (including phenoxy) is 3. The van der Waals surface area contributed by atoms with Crippen LogP contribution < -0.4 is 19.9 Å². The zero-order chi connectivity index (χ0) is 17.0. The molecule has 0 spiro atoms. The Balaban J connectivity index is 2.77. The van der Waals surface area contributed by atoms with Crippen molar-refractivity contribution in [2.75, 3.05) is 33.3 Å². The molecule has 1 aromatic heterocycles. The van der Waals surface area contributed by atoms with Gasteiger partial charge in [0.25, 0.3) is 0 Å². The highest BCUT2D eigenvalue weighted by Gasteiger charge is 2.19. The minimum absolute atomic E-state index is 0.0945. The van der Waals surface area contributed by atoms with E-state index in [-0.39, 0.29) is 5.95 Å². The second kappa shape index (κ2) is 7.07. The summed E-state index contributed by atoms with van der Waals surface area (Å²) in [5.74, 6) is 1.49. The van der Waals surface area contributed by atoms with Crippen molar-refractivity contribution >= 4 is 17.7 Å². The van der Waals surface area contributed by atoms with Gasteiger partial charge < -0.3 is 19.9 Å². The Morgan fingerprint density at radius 2 is 1.70 bits per heavy atom. The molecule has 0 atom stereocenters. The van der Waals surface area contributed by atoms with Crippen LogP contribution in [0.4, 0.5) is 5.95 Å². The summed E-state index contributed by atoms with van der Waals surface area (Å²) in [5, 5.41) is 9.98. The van der Waals surface area contributed by atoms with E-state index >= 15 is 0 Å². The number of hydrogen-bond acceptors (Lipinski definition) is 8. The fourth-order valence-electron chi connectivity index (χ4n) is 2.13. The number of anilines is 1. The number of rotatable bonds is 5. The van der Waals surface area contributed by atoms with Crippen LogP contribution in [0.1, 0.15) is 5.56 Å². The monoisotopic (exact) mass is 332 g/mol. The predicted molar refractivity (Wildman–Crippen MR) is 88.0 cm³/mol. The van der Waals surface area contributed by atoms with Crippen molar-refractivity contribution in [3.8, 4) is 34.6 Å². The van der Waals surface area contributed by atoms with Gasteiger partial charge in [-0.2, -0.15) is 5.26 Å². The number of nitrogens with two attached hydrogens (primary N) is 1. The van der Waals surface area contributed by atoms with Crippen molar-refractivity contribution in [1.82, 2.24) is 9.97 Å². The van der Waals surface area contributed by atoms with Crippen LogP contribution in [0, 0.1) is 11.3 Å². The fourth-order valence-corrected chi connectivity index (χ4v) is 2.66. The van der Waals surface area contributed by atoms with E-state index in [2.05, 4.69) is 16.0 Å². The van der Waals surface area contributed by atoms with Crippen LogP contribution >= 0.6 is 11.8 Å². The van der Waals surface area contributed by atoms with Gasteiger partial charge in [-0.25, -0.2) is 9.97 Å². The maximum Gasteiger partial charge on any atom is 0.221 e. The summed E-state index contributed by atoms with van der Waals surface area (Å²) in [4.78, 5) is 8.30. The molecule has 0 unspecified atom stereocenters. The lowest BCUT2D eigenvalue weighted by Gasteiger charge is -2.15. The first-order valence-corrected chi connectivity index (χ1v) is 7.74. The van der Waals surface area contributed by atoms with Crippen LogP contribution in [0.15, 0.2) is 17.2 Å². The van der Waals surface area contributed by atoms with Gasteiger partial charge in [-0.05, 0) is 18.4 Å². The molecule has 0 bridgehead atoms. The van der Waals surface area contributed by atoms with Gasteiger partial charge in [0.15, 0.2) is 11.5 Å². The van der Waals surface area contributed by atoms with Crippen molar-refractivity contribution in [1.29, 1.82) is 5.26 Å². The average molecular weight is 332 g/mol. The average Bonchev–Trinajstić information content (AvgIpc) is 2.59. The molecule has 0 aliphatic rings. The number of thioether (sulfide) groups is 1. The summed E-state index contributed by atoms with van der Waals surface area (Å²) in [6.07, 6.45) is 1.82. The third-order valence-electron chi connectivity index (χ3n) is 3.14. The lowest BCUT2D eigenvalue weighted by molar-refractivity contribution is 0.324. The van der Waals surface area contributed by atoms with Gasteiger partial charge in [0.2, 0.25) is 11.7 Å². The molecule has 0 radical (unpaired) electrons. The second-order valence-corrected chi connectivity index (χ2v) is 5.14. The van der Waals surface area contributed by atoms with Gasteiger partial charge in [0.05, 0.1) is 27.0 Å². The van der Waals surface area contributed by atoms with Gasteiger partial charge in [-0.3, -0.25) is 0 Å². The second-order valence-electron chi connectivity index (χ2n) is 4.34. The van der Waals surface area contributed by atoms with E-state index in [0.717, 1.165) is 0 Å². The lowest BCUT2D eigenvalue weighted by atomic mass is 10.1. The summed E-state index contributed by atoms with van der Waals surface area (Å²) in [7, 11) is 4.57. The van der Waals surface area contributed by atoms with E-state index in [1.165, 1.54) is 33.1 Å². The molecule has 2 rings (SSSR count). The van der Waals surface area contributed by atoms with E-state index in [9.17, 15) is 5.26 Å². The van der Waals surface area contributed by atoms with Crippen LogP contribution in [0.25, 0.3) is 11.3 Å². The zero-order valence-electron chi connectivity index (χ0n) is 13.2. The van der Waals surface area contributed by atoms with Crippen LogP contribution in [-0.2, 0) is 0 Å². The molecular weight excluding hydrogens is 316 g/mol. The molecular formula is C15H16N4O3S. The fraction of sp³-hybridized carbons (Fsp3) is 0.267. The van der Waals surface area contributed by atoms with Gasteiger partial charge in [-0.1, -0.05) is 0 Å². The third kappa shape index (κ3) is 3.10. The summed E-state index contributed by atoms with van der Waals surface area (Å²) < 4.78 is 16.0. The molecule has 1 heterocycles. The number of aromatic nitrogens is 2. The quantitative estimate of drug-likeness (QED) is 0.657. The molecule has 0 fully saturated rings. The molecule has 0 saturated carbocycles. The molecule has 0 amide bonds. The van der Waals surface area contributed by atoms with Crippen LogP contribution in [-0.4, -0.2) is 37.6 Å². The van der Waals surface area contributed by atoms with Crippen molar-refractivity contribution < 1.29 is 14.2 Å². The Morgan fingerprint density at radius 1 is 1.09 bits per heavy atom. The Morgan fingerprint density at radius 3 is 2.13 bits per heavy atom.